The van der Waals surface area contributed by atoms with Crippen molar-refractivity contribution in [2.45, 2.75) is 68.8 Å². The summed E-state index contributed by atoms with van der Waals surface area (Å²) in [5.41, 5.74) is 3.47. The van der Waals surface area contributed by atoms with Gasteiger partial charge in [-0.3, -0.25) is 4.68 Å². The Morgan fingerprint density at radius 3 is 2.62 bits per heavy atom. The zero-order valence-electron chi connectivity index (χ0n) is 16.5. The molecule has 29 heavy (non-hydrogen) atoms. The molecule has 3 aliphatic rings. The van der Waals surface area contributed by atoms with E-state index < -0.39 is 10.0 Å². The molecule has 2 heterocycles. The monoisotopic (exact) mass is 417 g/mol. The molecule has 1 saturated carbocycles. The molecule has 2 aromatic rings. The Balaban J connectivity index is 1.38. The van der Waals surface area contributed by atoms with Crippen molar-refractivity contribution in [1.82, 2.24) is 14.5 Å². The van der Waals surface area contributed by atoms with Crippen LogP contribution in [0.1, 0.15) is 61.5 Å². The van der Waals surface area contributed by atoms with Crippen LogP contribution in [0.25, 0.3) is 0 Å². The van der Waals surface area contributed by atoms with E-state index in [1.165, 1.54) is 49.4 Å². The van der Waals surface area contributed by atoms with Crippen molar-refractivity contribution in [1.29, 1.82) is 0 Å². The van der Waals surface area contributed by atoms with Gasteiger partial charge >= 0.3 is 0 Å². The van der Waals surface area contributed by atoms with Gasteiger partial charge in [0.25, 0.3) is 0 Å². The molecule has 1 aromatic heterocycles. The number of fused-ring (bicyclic) bond motifs is 2. The third-order valence-electron chi connectivity index (χ3n) is 6.22. The van der Waals surface area contributed by atoms with E-state index in [2.05, 4.69) is 9.40 Å². The summed E-state index contributed by atoms with van der Waals surface area (Å²) in [6.45, 7) is 1.12. The molecule has 8 heteroatoms. The Morgan fingerprint density at radius 1 is 1.03 bits per heavy atom. The maximum absolute atomic E-state index is 12.9. The summed E-state index contributed by atoms with van der Waals surface area (Å²) in [6, 6.07) is 5.22. The van der Waals surface area contributed by atoms with E-state index in [9.17, 15) is 8.42 Å². The molecule has 1 N–H and O–H groups in total. The van der Waals surface area contributed by atoms with Crippen molar-refractivity contribution < 1.29 is 17.9 Å². The minimum absolute atomic E-state index is 0.186. The number of benzene rings is 1. The van der Waals surface area contributed by atoms with Crippen LogP contribution in [0.2, 0.25) is 0 Å². The standard InChI is InChI=1S/C21H27N3O4S/c25-29(26,16-9-10-20-21(13-16)28-12-11-27-20)22-14-18-17-7-3-4-8-19(17)24(23-18)15-5-1-2-6-15/h9-10,13,15,22H,1-8,11-12,14H2. The number of ether oxygens (including phenoxy) is 2. The molecule has 1 fully saturated rings. The first-order valence-electron chi connectivity index (χ1n) is 10.6. The van der Waals surface area contributed by atoms with E-state index in [1.807, 2.05) is 0 Å². The van der Waals surface area contributed by atoms with Gasteiger partial charge in [0, 0.05) is 11.8 Å². The molecule has 1 aromatic carbocycles. The molecule has 0 amide bonds. The number of nitrogens with one attached hydrogen (secondary N) is 1. The number of hydrogen-bond acceptors (Lipinski definition) is 5. The average Bonchev–Trinajstić information content (AvgIpc) is 3.40. The Labute approximate surface area is 171 Å². The quantitative estimate of drug-likeness (QED) is 0.808. The first kappa shape index (κ1) is 18.9. The van der Waals surface area contributed by atoms with Crippen molar-refractivity contribution in [2.24, 2.45) is 0 Å². The van der Waals surface area contributed by atoms with Crippen LogP contribution in [0.15, 0.2) is 23.1 Å². The minimum atomic E-state index is -3.66. The lowest BCUT2D eigenvalue weighted by molar-refractivity contribution is 0.171. The summed E-state index contributed by atoms with van der Waals surface area (Å²) < 4.78 is 41.7. The Bertz CT molecular complexity index is 1010. The van der Waals surface area contributed by atoms with Gasteiger partial charge in [0.1, 0.15) is 13.2 Å². The van der Waals surface area contributed by atoms with Gasteiger partial charge in [-0.25, -0.2) is 13.1 Å². The van der Waals surface area contributed by atoms with Gasteiger partial charge < -0.3 is 9.47 Å². The molecular formula is C21H27N3O4S. The first-order chi connectivity index (χ1) is 14.1. The van der Waals surface area contributed by atoms with Crippen molar-refractivity contribution in [3.8, 4) is 11.5 Å². The molecule has 7 nitrogen and oxygen atoms in total. The highest BCUT2D eigenvalue weighted by Crippen LogP contribution is 2.35. The zero-order valence-corrected chi connectivity index (χ0v) is 17.3. The lowest BCUT2D eigenvalue weighted by Crippen LogP contribution is -2.24. The molecule has 0 saturated heterocycles. The summed E-state index contributed by atoms with van der Waals surface area (Å²) >= 11 is 0. The van der Waals surface area contributed by atoms with E-state index >= 15 is 0 Å². The van der Waals surface area contributed by atoms with Crippen LogP contribution < -0.4 is 14.2 Å². The van der Waals surface area contributed by atoms with E-state index in [-0.39, 0.29) is 11.4 Å². The van der Waals surface area contributed by atoms with Gasteiger partial charge in [-0.05, 0) is 56.2 Å². The fourth-order valence-corrected chi connectivity index (χ4v) is 5.74. The maximum Gasteiger partial charge on any atom is 0.241 e. The summed E-state index contributed by atoms with van der Waals surface area (Å²) in [5.74, 6) is 1.06. The molecule has 0 spiro atoms. The SMILES string of the molecule is O=S(=O)(NCc1nn(C2CCCC2)c2c1CCCC2)c1ccc2c(c1)OCCO2. The molecule has 1 aliphatic heterocycles. The minimum Gasteiger partial charge on any atom is -0.486 e. The summed E-state index contributed by atoms with van der Waals surface area (Å²) in [6.07, 6.45) is 9.24. The largest absolute Gasteiger partial charge is 0.486 e. The predicted molar refractivity (Wildman–Crippen MR) is 108 cm³/mol. The Kier molecular flexibility index (Phi) is 4.99. The highest BCUT2D eigenvalue weighted by atomic mass is 32.2. The number of sulfonamides is 1. The van der Waals surface area contributed by atoms with Gasteiger partial charge in [0.2, 0.25) is 10.0 Å². The topological polar surface area (TPSA) is 82.5 Å². The molecule has 2 aliphatic carbocycles. The van der Waals surface area contributed by atoms with E-state index in [0.717, 1.165) is 25.0 Å². The van der Waals surface area contributed by atoms with Gasteiger partial charge in [0.15, 0.2) is 11.5 Å². The third kappa shape index (κ3) is 3.64. The van der Waals surface area contributed by atoms with Crippen molar-refractivity contribution in [3.63, 3.8) is 0 Å². The zero-order chi connectivity index (χ0) is 19.8. The number of aromatic nitrogens is 2. The van der Waals surface area contributed by atoms with Crippen LogP contribution >= 0.6 is 0 Å². The molecule has 156 valence electrons. The van der Waals surface area contributed by atoms with Crippen molar-refractivity contribution >= 4 is 10.0 Å². The van der Waals surface area contributed by atoms with Crippen LogP contribution in [0.4, 0.5) is 0 Å². The maximum atomic E-state index is 12.9. The fourth-order valence-electron chi connectivity index (χ4n) is 4.73. The van der Waals surface area contributed by atoms with Gasteiger partial charge in [-0.15, -0.1) is 0 Å². The summed E-state index contributed by atoms with van der Waals surface area (Å²) in [7, 11) is -3.66. The predicted octanol–water partition coefficient (Wildman–Crippen LogP) is 3.13. The molecule has 5 rings (SSSR count). The van der Waals surface area contributed by atoms with E-state index in [4.69, 9.17) is 14.6 Å². The highest BCUT2D eigenvalue weighted by molar-refractivity contribution is 7.89. The Morgan fingerprint density at radius 2 is 1.79 bits per heavy atom. The van der Waals surface area contributed by atoms with Crippen LogP contribution in [0.5, 0.6) is 11.5 Å². The number of hydrogen-bond donors (Lipinski definition) is 1. The summed E-state index contributed by atoms with van der Waals surface area (Å²) in [4.78, 5) is 0.186. The van der Waals surface area contributed by atoms with Crippen molar-refractivity contribution in [2.75, 3.05) is 13.2 Å². The summed E-state index contributed by atoms with van der Waals surface area (Å²) in [5, 5.41) is 4.89. The van der Waals surface area contributed by atoms with Crippen LogP contribution in [-0.4, -0.2) is 31.4 Å². The second-order valence-corrected chi connectivity index (χ2v) is 9.86. The molecule has 0 bridgehead atoms. The smallest absolute Gasteiger partial charge is 0.241 e. The van der Waals surface area contributed by atoms with Gasteiger partial charge in [-0.2, -0.15) is 5.10 Å². The fraction of sp³-hybridized carbons (Fsp3) is 0.571. The molecule has 0 atom stereocenters. The second-order valence-electron chi connectivity index (χ2n) is 8.09. The highest BCUT2D eigenvalue weighted by Gasteiger charge is 2.27. The van der Waals surface area contributed by atoms with E-state index in [0.29, 0.717) is 30.8 Å². The van der Waals surface area contributed by atoms with E-state index in [1.54, 1.807) is 12.1 Å². The van der Waals surface area contributed by atoms with Crippen LogP contribution in [0.3, 0.4) is 0 Å². The van der Waals surface area contributed by atoms with Crippen LogP contribution in [-0.2, 0) is 29.4 Å². The molecular weight excluding hydrogens is 390 g/mol. The van der Waals surface area contributed by atoms with Gasteiger partial charge in [0.05, 0.1) is 23.2 Å². The first-order valence-corrected chi connectivity index (χ1v) is 12.1. The number of nitrogens with zero attached hydrogens (tertiary/aromatic N) is 2. The molecule has 0 radical (unpaired) electrons. The van der Waals surface area contributed by atoms with Gasteiger partial charge in [-0.1, -0.05) is 12.8 Å². The number of rotatable bonds is 5. The average molecular weight is 418 g/mol. The Hall–Kier alpha value is -2.06. The van der Waals surface area contributed by atoms with Crippen molar-refractivity contribution in [3.05, 3.63) is 35.2 Å². The lowest BCUT2D eigenvalue weighted by Gasteiger charge is -2.19. The van der Waals surface area contributed by atoms with Crippen LogP contribution in [0, 0.1) is 0 Å². The lowest BCUT2D eigenvalue weighted by atomic mass is 9.95. The normalized spacial score (nSPS) is 19.3. The molecule has 0 unspecified atom stereocenters. The third-order valence-corrected chi connectivity index (χ3v) is 7.62. The second kappa shape index (κ2) is 7.65.